The van der Waals surface area contributed by atoms with Gasteiger partial charge in [-0.1, -0.05) is 6.92 Å². The van der Waals surface area contributed by atoms with Crippen LogP contribution in [0.3, 0.4) is 0 Å². The number of halogens is 2. The van der Waals surface area contributed by atoms with Gasteiger partial charge < -0.3 is 4.90 Å². The Morgan fingerprint density at radius 1 is 1.38 bits per heavy atom. The third-order valence-electron chi connectivity index (χ3n) is 3.52. The Hall–Kier alpha value is -1.54. The molecule has 1 amide bonds. The SMILES string of the molecule is CC1CCCN(C(=O)c2c(F)ccc(S(N)(=O)=O)c2F)C1. The van der Waals surface area contributed by atoms with Gasteiger partial charge in [0.1, 0.15) is 16.3 Å². The van der Waals surface area contributed by atoms with E-state index in [-0.39, 0.29) is 5.92 Å². The summed E-state index contributed by atoms with van der Waals surface area (Å²) in [4.78, 5) is 12.7. The maximum Gasteiger partial charge on any atom is 0.259 e. The fraction of sp³-hybridized carbons (Fsp3) is 0.462. The Bertz CT molecular complexity index is 676. The fourth-order valence-electron chi connectivity index (χ4n) is 2.48. The highest BCUT2D eigenvalue weighted by atomic mass is 32.2. The van der Waals surface area contributed by atoms with E-state index in [2.05, 4.69) is 0 Å². The van der Waals surface area contributed by atoms with Crippen molar-refractivity contribution in [1.29, 1.82) is 0 Å². The van der Waals surface area contributed by atoms with Gasteiger partial charge in [-0.15, -0.1) is 0 Å². The summed E-state index contributed by atoms with van der Waals surface area (Å²) >= 11 is 0. The predicted octanol–water partition coefficient (Wildman–Crippen LogP) is 1.48. The Kier molecular flexibility index (Phi) is 4.29. The number of carbonyl (C=O) groups excluding carboxylic acids is 1. The van der Waals surface area contributed by atoms with E-state index < -0.39 is 38.0 Å². The van der Waals surface area contributed by atoms with Gasteiger partial charge in [-0.25, -0.2) is 22.3 Å². The zero-order valence-electron chi connectivity index (χ0n) is 11.5. The molecule has 0 aromatic heterocycles. The Morgan fingerprint density at radius 2 is 2.05 bits per heavy atom. The van der Waals surface area contributed by atoms with Gasteiger partial charge in [0.05, 0.1) is 0 Å². The van der Waals surface area contributed by atoms with Crippen molar-refractivity contribution in [2.75, 3.05) is 13.1 Å². The first-order valence-electron chi connectivity index (χ1n) is 6.52. The molecule has 0 aliphatic carbocycles. The molecule has 0 radical (unpaired) electrons. The van der Waals surface area contributed by atoms with E-state index in [1.165, 1.54) is 4.90 Å². The minimum Gasteiger partial charge on any atom is -0.338 e. The van der Waals surface area contributed by atoms with E-state index in [4.69, 9.17) is 5.14 Å². The second kappa shape index (κ2) is 5.69. The molecule has 1 fully saturated rings. The van der Waals surface area contributed by atoms with Crippen LogP contribution in [0.1, 0.15) is 30.1 Å². The number of sulfonamides is 1. The number of hydrogen-bond donors (Lipinski definition) is 1. The van der Waals surface area contributed by atoms with E-state index >= 15 is 0 Å². The number of nitrogens with zero attached hydrogens (tertiary/aromatic N) is 1. The van der Waals surface area contributed by atoms with Crippen LogP contribution in [-0.4, -0.2) is 32.3 Å². The molecule has 21 heavy (non-hydrogen) atoms. The van der Waals surface area contributed by atoms with Crippen LogP contribution in [0.5, 0.6) is 0 Å². The normalized spacial score (nSPS) is 19.6. The lowest BCUT2D eigenvalue weighted by molar-refractivity contribution is 0.0672. The monoisotopic (exact) mass is 318 g/mol. The van der Waals surface area contributed by atoms with Gasteiger partial charge in [0.25, 0.3) is 5.91 Å². The molecule has 0 spiro atoms. The van der Waals surface area contributed by atoms with Crippen LogP contribution in [0.4, 0.5) is 8.78 Å². The van der Waals surface area contributed by atoms with E-state index in [1.54, 1.807) is 0 Å². The largest absolute Gasteiger partial charge is 0.338 e. The van der Waals surface area contributed by atoms with E-state index in [0.717, 1.165) is 25.0 Å². The van der Waals surface area contributed by atoms with Gasteiger partial charge in [0.15, 0.2) is 5.82 Å². The molecule has 2 rings (SSSR count). The van der Waals surface area contributed by atoms with Gasteiger partial charge in [-0.2, -0.15) is 0 Å². The van der Waals surface area contributed by atoms with Gasteiger partial charge in [-0.05, 0) is 30.9 Å². The van der Waals surface area contributed by atoms with Crippen LogP contribution in [0.25, 0.3) is 0 Å². The Labute approximate surface area is 121 Å². The number of hydrogen-bond acceptors (Lipinski definition) is 3. The molecule has 1 unspecified atom stereocenters. The van der Waals surface area contributed by atoms with Gasteiger partial charge >= 0.3 is 0 Å². The average molecular weight is 318 g/mol. The fourth-order valence-corrected chi connectivity index (χ4v) is 3.09. The summed E-state index contributed by atoms with van der Waals surface area (Å²) in [6.45, 7) is 2.71. The van der Waals surface area contributed by atoms with Gasteiger partial charge in [0, 0.05) is 13.1 Å². The number of benzene rings is 1. The van der Waals surface area contributed by atoms with Crippen LogP contribution >= 0.6 is 0 Å². The first kappa shape index (κ1) is 15.8. The summed E-state index contributed by atoms with van der Waals surface area (Å²) in [5.41, 5.74) is -0.865. The smallest absolute Gasteiger partial charge is 0.259 e. The summed E-state index contributed by atoms with van der Waals surface area (Å²) in [5.74, 6) is -3.14. The number of likely N-dealkylation sites (tertiary alicyclic amines) is 1. The van der Waals surface area contributed by atoms with Crippen molar-refractivity contribution in [2.45, 2.75) is 24.7 Å². The minimum atomic E-state index is -4.36. The first-order chi connectivity index (χ1) is 9.71. The Balaban J connectivity index is 2.46. The molecule has 1 heterocycles. The van der Waals surface area contributed by atoms with E-state index in [0.29, 0.717) is 13.1 Å². The highest BCUT2D eigenvalue weighted by Gasteiger charge is 2.30. The molecule has 1 aliphatic rings. The van der Waals surface area contributed by atoms with Crippen molar-refractivity contribution >= 4 is 15.9 Å². The van der Waals surface area contributed by atoms with Crippen LogP contribution in [-0.2, 0) is 10.0 Å². The molecule has 1 saturated heterocycles. The maximum absolute atomic E-state index is 14.2. The van der Waals surface area contributed by atoms with E-state index in [1.807, 2.05) is 6.92 Å². The molecular weight excluding hydrogens is 302 g/mol. The third-order valence-corrected chi connectivity index (χ3v) is 4.45. The second-order valence-corrected chi connectivity index (χ2v) is 6.81. The highest BCUT2D eigenvalue weighted by Crippen LogP contribution is 2.24. The summed E-state index contributed by atoms with van der Waals surface area (Å²) in [5, 5.41) is 4.86. The molecule has 1 aromatic rings. The number of carbonyl (C=O) groups is 1. The lowest BCUT2D eigenvalue weighted by atomic mass is 9.99. The van der Waals surface area contributed by atoms with Crippen molar-refractivity contribution in [3.8, 4) is 0 Å². The molecule has 0 bridgehead atoms. The first-order valence-corrected chi connectivity index (χ1v) is 8.06. The second-order valence-electron chi connectivity index (χ2n) is 5.28. The molecule has 1 aliphatic heterocycles. The van der Waals surface area contributed by atoms with Crippen LogP contribution in [0.2, 0.25) is 0 Å². The number of rotatable bonds is 2. The zero-order valence-corrected chi connectivity index (χ0v) is 12.3. The summed E-state index contributed by atoms with van der Waals surface area (Å²) in [6, 6.07) is 1.46. The van der Waals surface area contributed by atoms with E-state index in [9.17, 15) is 22.0 Å². The molecule has 1 atom stereocenters. The standard InChI is InChI=1S/C13H16F2N2O3S/c1-8-3-2-6-17(7-8)13(18)11-9(14)4-5-10(12(11)15)21(16,19)20/h4-5,8H,2-3,6-7H2,1H3,(H2,16,19,20). The average Bonchev–Trinajstić information content (AvgIpc) is 2.37. The Morgan fingerprint density at radius 3 is 2.62 bits per heavy atom. The number of primary sulfonamides is 1. The molecular formula is C13H16F2N2O3S. The lowest BCUT2D eigenvalue weighted by Crippen LogP contribution is -2.40. The molecule has 1 aromatic carbocycles. The van der Waals surface area contributed by atoms with Gasteiger partial charge in [0.2, 0.25) is 10.0 Å². The molecule has 2 N–H and O–H groups in total. The van der Waals surface area contributed by atoms with Crippen LogP contribution < -0.4 is 5.14 Å². The van der Waals surface area contributed by atoms with Crippen molar-refractivity contribution in [3.63, 3.8) is 0 Å². The quantitative estimate of drug-likeness (QED) is 0.897. The topological polar surface area (TPSA) is 80.5 Å². The predicted molar refractivity (Wildman–Crippen MR) is 72.0 cm³/mol. The molecule has 0 saturated carbocycles. The number of nitrogens with two attached hydrogens (primary N) is 1. The molecule has 5 nitrogen and oxygen atoms in total. The summed E-state index contributed by atoms with van der Waals surface area (Å²) in [6.07, 6.45) is 1.68. The molecule has 8 heteroatoms. The van der Waals surface area contributed by atoms with Crippen LogP contribution in [0.15, 0.2) is 17.0 Å². The zero-order chi connectivity index (χ0) is 15.8. The number of piperidine rings is 1. The molecule has 116 valence electrons. The van der Waals surface area contributed by atoms with Crippen molar-refractivity contribution in [3.05, 3.63) is 29.3 Å². The maximum atomic E-state index is 14.2. The third kappa shape index (κ3) is 3.21. The highest BCUT2D eigenvalue weighted by molar-refractivity contribution is 7.89. The summed E-state index contributed by atoms with van der Waals surface area (Å²) < 4.78 is 50.5. The van der Waals surface area contributed by atoms with Crippen molar-refractivity contribution in [1.82, 2.24) is 4.90 Å². The van der Waals surface area contributed by atoms with Crippen LogP contribution in [0, 0.1) is 17.6 Å². The van der Waals surface area contributed by atoms with Crippen molar-refractivity contribution in [2.24, 2.45) is 11.1 Å². The minimum absolute atomic E-state index is 0.232. The van der Waals surface area contributed by atoms with Gasteiger partial charge in [-0.3, -0.25) is 4.79 Å². The lowest BCUT2D eigenvalue weighted by Gasteiger charge is -2.31. The summed E-state index contributed by atoms with van der Waals surface area (Å²) in [7, 11) is -4.36. The van der Waals surface area contributed by atoms with Crippen molar-refractivity contribution < 1.29 is 22.0 Å². The number of amides is 1.